The van der Waals surface area contributed by atoms with E-state index < -0.39 is 36.0 Å². The molecule has 1 heterocycles. The van der Waals surface area contributed by atoms with Crippen LogP contribution >= 0.6 is 0 Å². The van der Waals surface area contributed by atoms with Crippen molar-refractivity contribution in [3.05, 3.63) is 36.0 Å². The third kappa shape index (κ3) is 5.00. The second-order valence-electron chi connectivity index (χ2n) is 4.54. The Kier molecular flexibility index (Phi) is 6.05. The summed E-state index contributed by atoms with van der Waals surface area (Å²) in [7, 11) is 0. The minimum atomic E-state index is -1.15. The average Bonchev–Trinajstić information content (AvgIpc) is 2.45. The second-order valence-corrected chi connectivity index (χ2v) is 4.54. The van der Waals surface area contributed by atoms with Crippen molar-refractivity contribution in [1.29, 1.82) is 0 Å². The van der Waals surface area contributed by atoms with Gasteiger partial charge in [-0.05, 0) is 39.0 Å². The summed E-state index contributed by atoms with van der Waals surface area (Å²) in [6.45, 7) is 4.63. The summed E-state index contributed by atoms with van der Waals surface area (Å²) >= 11 is 0. The van der Waals surface area contributed by atoms with Gasteiger partial charge in [-0.3, -0.25) is 4.79 Å². The second kappa shape index (κ2) is 7.54. The van der Waals surface area contributed by atoms with Crippen LogP contribution in [-0.2, 0) is 23.9 Å². The molecule has 0 saturated heterocycles. The zero-order chi connectivity index (χ0) is 16.0. The van der Waals surface area contributed by atoms with Gasteiger partial charge in [0, 0.05) is 11.6 Å². The van der Waals surface area contributed by atoms with Crippen LogP contribution < -0.4 is 0 Å². The highest BCUT2D eigenvalue weighted by Gasteiger charge is 2.28. The lowest BCUT2D eigenvalue weighted by molar-refractivity contribution is -0.157. The monoisotopic (exact) mass is 294 g/mol. The highest BCUT2D eigenvalue weighted by molar-refractivity contribution is 5.93. The summed E-state index contributed by atoms with van der Waals surface area (Å²) in [5.41, 5.74) is 0.420. The molecule has 0 spiro atoms. The zero-order valence-corrected chi connectivity index (χ0v) is 12.1. The summed E-state index contributed by atoms with van der Waals surface area (Å²) in [6, 6.07) is 0. The first-order valence-electron chi connectivity index (χ1n) is 6.48. The number of esters is 2. The van der Waals surface area contributed by atoms with E-state index in [1.165, 1.54) is 19.1 Å². The number of hydrogen-bond acceptors (Lipinski definition) is 6. The molecule has 114 valence electrons. The third-order valence-corrected chi connectivity index (χ3v) is 2.86. The summed E-state index contributed by atoms with van der Waals surface area (Å²) < 4.78 is 10.2. The van der Waals surface area contributed by atoms with Crippen LogP contribution in [0.5, 0.6) is 0 Å². The minimum absolute atomic E-state index is 0.420. The van der Waals surface area contributed by atoms with Crippen molar-refractivity contribution < 1.29 is 29.0 Å². The Morgan fingerprint density at radius 1 is 1.48 bits per heavy atom. The predicted octanol–water partition coefficient (Wildman–Crippen LogP) is 0.852. The van der Waals surface area contributed by atoms with Crippen molar-refractivity contribution in [3.8, 4) is 0 Å². The number of aliphatic hydroxyl groups is 1. The molecule has 0 aromatic heterocycles. The molecule has 1 aliphatic heterocycles. The lowest BCUT2D eigenvalue weighted by atomic mass is 10.1. The van der Waals surface area contributed by atoms with E-state index in [4.69, 9.17) is 14.6 Å². The lowest BCUT2D eigenvalue weighted by Gasteiger charge is -2.25. The molecule has 0 amide bonds. The molecule has 0 bridgehead atoms. The third-order valence-electron chi connectivity index (χ3n) is 2.86. The number of rotatable bonds is 5. The molecule has 0 saturated carbocycles. The molecule has 3 atom stereocenters. The largest absolute Gasteiger partial charge is 0.451 e. The SMILES string of the molecule is C/C=C(\C)C(=O)O[C@H]1C=CC(=O)O[C@H]1/C=C/C(=O)C(C)O. The fourth-order valence-electron chi connectivity index (χ4n) is 1.44. The Morgan fingerprint density at radius 2 is 2.14 bits per heavy atom. The van der Waals surface area contributed by atoms with Gasteiger partial charge in [-0.1, -0.05) is 6.08 Å². The molecule has 0 radical (unpaired) electrons. The number of cyclic esters (lactones) is 1. The normalized spacial score (nSPS) is 23.8. The maximum absolute atomic E-state index is 11.7. The van der Waals surface area contributed by atoms with Gasteiger partial charge in [0.2, 0.25) is 0 Å². The Morgan fingerprint density at radius 3 is 2.71 bits per heavy atom. The molecule has 1 rings (SSSR count). The van der Waals surface area contributed by atoms with E-state index in [2.05, 4.69) is 0 Å². The number of carbonyl (C=O) groups excluding carboxylic acids is 3. The summed E-state index contributed by atoms with van der Waals surface area (Å²) in [5, 5.41) is 9.10. The Balaban J connectivity index is 2.83. The number of hydrogen-bond donors (Lipinski definition) is 1. The van der Waals surface area contributed by atoms with Gasteiger partial charge in [0.25, 0.3) is 0 Å². The van der Waals surface area contributed by atoms with Crippen molar-refractivity contribution in [3.63, 3.8) is 0 Å². The molecule has 0 aromatic rings. The van der Waals surface area contributed by atoms with Crippen LogP contribution in [0.2, 0.25) is 0 Å². The van der Waals surface area contributed by atoms with Crippen molar-refractivity contribution in [2.75, 3.05) is 0 Å². The Labute approximate surface area is 122 Å². The summed E-state index contributed by atoms with van der Waals surface area (Å²) in [5.74, 6) is -1.66. The molecular weight excluding hydrogens is 276 g/mol. The van der Waals surface area contributed by atoms with Crippen LogP contribution in [0, 0.1) is 0 Å². The molecule has 1 aliphatic rings. The summed E-state index contributed by atoms with van der Waals surface area (Å²) in [6.07, 6.45) is 3.68. The van der Waals surface area contributed by atoms with E-state index in [1.54, 1.807) is 19.9 Å². The average molecular weight is 294 g/mol. The maximum Gasteiger partial charge on any atom is 0.334 e. The van der Waals surface area contributed by atoms with Gasteiger partial charge in [-0.15, -0.1) is 0 Å². The molecule has 1 unspecified atom stereocenters. The number of carbonyl (C=O) groups is 3. The molecule has 0 aromatic carbocycles. The zero-order valence-electron chi connectivity index (χ0n) is 12.1. The maximum atomic E-state index is 11.7. The van der Waals surface area contributed by atoms with E-state index in [0.717, 1.165) is 12.2 Å². The topological polar surface area (TPSA) is 89.9 Å². The first-order valence-corrected chi connectivity index (χ1v) is 6.48. The number of allylic oxidation sites excluding steroid dienone is 1. The first kappa shape index (κ1) is 16.8. The van der Waals surface area contributed by atoms with E-state index in [1.807, 2.05) is 0 Å². The summed E-state index contributed by atoms with van der Waals surface area (Å²) in [4.78, 5) is 34.3. The molecule has 6 nitrogen and oxygen atoms in total. The fourth-order valence-corrected chi connectivity index (χ4v) is 1.44. The van der Waals surface area contributed by atoms with E-state index in [-0.39, 0.29) is 0 Å². The van der Waals surface area contributed by atoms with Crippen LogP contribution in [-0.4, -0.2) is 41.1 Å². The van der Waals surface area contributed by atoms with Crippen molar-refractivity contribution in [1.82, 2.24) is 0 Å². The lowest BCUT2D eigenvalue weighted by Crippen LogP contribution is -2.35. The van der Waals surface area contributed by atoms with Crippen molar-refractivity contribution in [2.24, 2.45) is 0 Å². The van der Waals surface area contributed by atoms with Crippen LogP contribution in [0.3, 0.4) is 0 Å². The van der Waals surface area contributed by atoms with Crippen LogP contribution in [0.1, 0.15) is 20.8 Å². The first-order chi connectivity index (χ1) is 9.85. The van der Waals surface area contributed by atoms with Gasteiger partial charge in [0.1, 0.15) is 6.10 Å². The standard InChI is InChI=1S/C15H18O6/c1-4-9(2)15(19)21-13-7-8-14(18)20-12(13)6-5-11(17)10(3)16/h4-8,10,12-13,16H,1-3H3/b6-5+,9-4+/t10?,12-,13-/m0/s1. The molecule has 6 heteroatoms. The van der Waals surface area contributed by atoms with Crippen LogP contribution in [0.25, 0.3) is 0 Å². The number of ketones is 1. The van der Waals surface area contributed by atoms with Crippen molar-refractivity contribution >= 4 is 17.7 Å². The molecule has 0 aliphatic carbocycles. The van der Waals surface area contributed by atoms with Gasteiger partial charge < -0.3 is 14.6 Å². The molecular formula is C15H18O6. The van der Waals surface area contributed by atoms with Crippen LogP contribution in [0.15, 0.2) is 36.0 Å². The van der Waals surface area contributed by atoms with Gasteiger partial charge >= 0.3 is 11.9 Å². The number of ether oxygens (including phenoxy) is 2. The smallest absolute Gasteiger partial charge is 0.334 e. The predicted molar refractivity (Wildman–Crippen MR) is 74.2 cm³/mol. The highest BCUT2D eigenvalue weighted by atomic mass is 16.6. The Bertz CT molecular complexity index is 512. The van der Waals surface area contributed by atoms with Gasteiger partial charge in [-0.25, -0.2) is 9.59 Å². The Hall–Kier alpha value is -2.21. The number of aliphatic hydroxyl groups excluding tert-OH is 1. The quantitative estimate of drug-likeness (QED) is 0.597. The van der Waals surface area contributed by atoms with Gasteiger partial charge in [0.05, 0.1) is 0 Å². The molecule has 21 heavy (non-hydrogen) atoms. The molecule has 0 fully saturated rings. The van der Waals surface area contributed by atoms with Gasteiger partial charge in [0.15, 0.2) is 18.0 Å². The van der Waals surface area contributed by atoms with E-state index in [9.17, 15) is 14.4 Å². The molecule has 1 N–H and O–H groups in total. The van der Waals surface area contributed by atoms with Crippen LogP contribution in [0.4, 0.5) is 0 Å². The van der Waals surface area contributed by atoms with Crippen molar-refractivity contribution in [2.45, 2.75) is 39.1 Å². The highest BCUT2D eigenvalue weighted by Crippen LogP contribution is 2.15. The van der Waals surface area contributed by atoms with Gasteiger partial charge in [-0.2, -0.15) is 0 Å². The minimum Gasteiger partial charge on any atom is -0.451 e. The fraction of sp³-hybridized carbons (Fsp3) is 0.400. The van der Waals surface area contributed by atoms with E-state index in [0.29, 0.717) is 5.57 Å². The van der Waals surface area contributed by atoms with E-state index >= 15 is 0 Å².